The first-order valence-corrected chi connectivity index (χ1v) is 3.19. The number of allylic oxidation sites excluding steroid dienone is 2. The zero-order valence-corrected chi connectivity index (χ0v) is 6.77. The van der Waals surface area contributed by atoms with Gasteiger partial charge in [0.2, 0.25) is 0 Å². The maximum absolute atomic E-state index is 8.36. The predicted octanol–water partition coefficient (Wildman–Crippen LogP) is 2.22. The molecule has 1 N–H and O–H groups in total. The summed E-state index contributed by atoms with van der Waals surface area (Å²) in [5, 5.41) is 11.5. The Bertz CT molecular complexity index is 154. The molecule has 1 aliphatic rings. The van der Waals surface area contributed by atoms with Crippen molar-refractivity contribution in [1.82, 2.24) is 0 Å². The Morgan fingerprint density at radius 2 is 2.40 bits per heavy atom. The maximum atomic E-state index is 8.36. The van der Waals surface area contributed by atoms with Gasteiger partial charge in [0.05, 0.1) is 5.71 Å². The summed E-state index contributed by atoms with van der Waals surface area (Å²) in [6.07, 6.45) is 5.92. The quantitative estimate of drug-likeness (QED) is 0.330. The van der Waals surface area contributed by atoms with Crippen LogP contribution in [0.2, 0.25) is 0 Å². The Hall–Kier alpha value is -0.500. The lowest BCUT2D eigenvalue weighted by atomic mass is 9.96. The van der Waals surface area contributed by atoms with Crippen LogP contribution in [-0.4, -0.2) is 10.9 Å². The molecule has 0 saturated carbocycles. The molecule has 3 heteroatoms. The van der Waals surface area contributed by atoms with Crippen molar-refractivity contribution in [3.8, 4) is 0 Å². The highest BCUT2D eigenvalue weighted by Crippen LogP contribution is 2.13. The average molecular weight is 162 g/mol. The summed E-state index contributed by atoms with van der Waals surface area (Å²) in [6.45, 7) is 2.11. The molecular formula is C7H12ClNO. The minimum absolute atomic E-state index is 0. The molecule has 10 heavy (non-hydrogen) atoms. The minimum Gasteiger partial charge on any atom is -0.411 e. The van der Waals surface area contributed by atoms with Crippen molar-refractivity contribution in [2.24, 2.45) is 11.1 Å². The van der Waals surface area contributed by atoms with Crippen molar-refractivity contribution >= 4 is 18.1 Å². The van der Waals surface area contributed by atoms with Gasteiger partial charge in [0, 0.05) is 6.42 Å². The predicted molar refractivity (Wildman–Crippen MR) is 44.0 cm³/mol. The molecule has 1 atom stereocenters. The third kappa shape index (κ3) is 2.40. The van der Waals surface area contributed by atoms with Crippen LogP contribution in [0.1, 0.15) is 19.8 Å². The molecule has 0 amide bonds. The third-order valence-corrected chi connectivity index (χ3v) is 1.52. The topological polar surface area (TPSA) is 32.6 Å². The molecule has 0 fully saturated rings. The van der Waals surface area contributed by atoms with Gasteiger partial charge in [-0.1, -0.05) is 24.2 Å². The summed E-state index contributed by atoms with van der Waals surface area (Å²) >= 11 is 0. The normalized spacial score (nSPS) is 28.1. The third-order valence-electron chi connectivity index (χ3n) is 1.52. The van der Waals surface area contributed by atoms with Gasteiger partial charge in [-0.3, -0.25) is 0 Å². The highest BCUT2D eigenvalue weighted by molar-refractivity contribution is 5.86. The molecular weight excluding hydrogens is 150 g/mol. The van der Waals surface area contributed by atoms with Gasteiger partial charge < -0.3 is 5.21 Å². The molecule has 0 aromatic carbocycles. The van der Waals surface area contributed by atoms with Crippen LogP contribution in [0.3, 0.4) is 0 Å². The molecule has 0 radical (unpaired) electrons. The fourth-order valence-corrected chi connectivity index (χ4v) is 1.04. The second-order valence-corrected chi connectivity index (χ2v) is 2.48. The highest BCUT2D eigenvalue weighted by atomic mass is 35.5. The average Bonchev–Trinajstić information content (AvgIpc) is 1.88. The molecule has 0 heterocycles. The molecule has 0 bridgehead atoms. The minimum atomic E-state index is 0. The number of rotatable bonds is 0. The van der Waals surface area contributed by atoms with Gasteiger partial charge in [0.1, 0.15) is 0 Å². The van der Waals surface area contributed by atoms with Crippen LogP contribution in [0.5, 0.6) is 0 Å². The van der Waals surface area contributed by atoms with Crippen molar-refractivity contribution in [3.63, 3.8) is 0 Å². The molecule has 0 saturated heterocycles. The van der Waals surface area contributed by atoms with E-state index in [4.69, 9.17) is 5.21 Å². The number of nitrogens with zero attached hydrogens (tertiary/aromatic N) is 1. The zero-order valence-electron chi connectivity index (χ0n) is 5.95. The van der Waals surface area contributed by atoms with Gasteiger partial charge >= 0.3 is 0 Å². The zero-order chi connectivity index (χ0) is 6.69. The van der Waals surface area contributed by atoms with Crippen LogP contribution in [0.4, 0.5) is 0 Å². The molecule has 58 valence electrons. The smallest absolute Gasteiger partial charge is 0.0614 e. The molecule has 1 aliphatic carbocycles. The van der Waals surface area contributed by atoms with Crippen molar-refractivity contribution in [2.75, 3.05) is 0 Å². The summed E-state index contributed by atoms with van der Waals surface area (Å²) in [5.41, 5.74) is 0.894. The van der Waals surface area contributed by atoms with Crippen LogP contribution < -0.4 is 0 Å². The maximum Gasteiger partial charge on any atom is 0.0614 e. The van der Waals surface area contributed by atoms with Crippen LogP contribution in [-0.2, 0) is 0 Å². The molecule has 1 rings (SSSR count). The van der Waals surface area contributed by atoms with Crippen molar-refractivity contribution in [3.05, 3.63) is 12.2 Å². The fourth-order valence-electron chi connectivity index (χ4n) is 1.04. The standard InChI is InChI=1S/C7H11NO.ClH/c1-6-3-2-4-7(5-6)8-9;/h2-3,6,9H,4-5H2,1H3;1H. The first kappa shape index (κ1) is 9.50. The molecule has 2 nitrogen and oxygen atoms in total. The Labute approximate surface area is 67.0 Å². The molecule has 0 aromatic heterocycles. The largest absolute Gasteiger partial charge is 0.411 e. The van der Waals surface area contributed by atoms with Crippen molar-refractivity contribution in [1.29, 1.82) is 0 Å². The van der Waals surface area contributed by atoms with Gasteiger partial charge in [-0.25, -0.2) is 0 Å². The van der Waals surface area contributed by atoms with Crippen LogP contribution in [0.15, 0.2) is 17.3 Å². The van der Waals surface area contributed by atoms with Gasteiger partial charge in [0.15, 0.2) is 0 Å². The van der Waals surface area contributed by atoms with E-state index in [2.05, 4.69) is 18.2 Å². The summed E-state index contributed by atoms with van der Waals surface area (Å²) in [4.78, 5) is 0. The Kier molecular flexibility index (Phi) is 4.12. The molecule has 0 spiro atoms. The number of halogens is 1. The lowest BCUT2D eigenvalue weighted by Crippen LogP contribution is -2.07. The monoisotopic (exact) mass is 161 g/mol. The second-order valence-electron chi connectivity index (χ2n) is 2.48. The lowest BCUT2D eigenvalue weighted by Gasteiger charge is -2.10. The van der Waals surface area contributed by atoms with E-state index in [9.17, 15) is 0 Å². The van der Waals surface area contributed by atoms with E-state index in [1.165, 1.54) is 0 Å². The van der Waals surface area contributed by atoms with Gasteiger partial charge in [-0.2, -0.15) is 0 Å². The number of oxime groups is 1. The van der Waals surface area contributed by atoms with Crippen molar-refractivity contribution in [2.45, 2.75) is 19.8 Å². The van der Waals surface area contributed by atoms with E-state index in [1.807, 2.05) is 6.08 Å². The van der Waals surface area contributed by atoms with E-state index in [0.29, 0.717) is 5.92 Å². The number of hydrogen-bond donors (Lipinski definition) is 1. The molecule has 1 unspecified atom stereocenters. The first-order valence-electron chi connectivity index (χ1n) is 3.19. The van der Waals surface area contributed by atoms with Crippen LogP contribution >= 0.6 is 12.4 Å². The van der Waals surface area contributed by atoms with E-state index >= 15 is 0 Å². The first-order chi connectivity index (χ1) is 4.33. The van der Waals surface area contributed by atoms with E-state index < -0.39 is 0 Å². The van der Waals surface area contributed by atoms with Crippen molar-refractivity contribution < 1.29 is 5.21 Å². The van der Waals surface area contributed by atoms with Crippen LogP contribution in [0, 0.1) is 5.92 Å². The Balaban J connectivity index is 0.000000810. The lowest BCUT2D eigenvalue weighted by molar-refractivity contribution is 0.315. The summed E-state index contributed by atoms with van der Waals surface area (Å²) in [7, 11) is 0. The SMILES string of the molecule is CC1C=CCC(=NO)C1.Cl. The van der Waals surface area contributed by atoms with Crippen LogP contribution in [0.25, 0.3) is 0 Å². The summed E-state index contributed by atoms with van der Waals surface area (Å²) < 4.78 is 0. The Morgan fingerprint density at radius 1 is 1.70 bits per heavy atom. The van der Waals surface area contributed by atoms with Gasteiger partial charge in [0.25, 0.3) is 0 Å². The van der Waals surface area contributed by atoms with E-state index in [1.54, 1.807) is 0 Å². The highest BCUT2D eigenvalue weighted by Gasteiger charge is 2.07. The van der Waals surface area contributed by atoms with E-state index in [-0.39, 0.29) is 12.4 Å². The second kappa shape index (κ2) is 4.34. The summed E-state index contributed by atoms with van der Waals surface area (Å²) in [5.74, 6) is 0.546. The summed E-state index contributed by atoms with van der Waals surface area (Å²) in [6, 6.07) is 0. The van der Waals surface area contributed by atoms with Gasteiger partial charge in [-0.05, 0) is 12.3 Å². The van der Waals surface area contributed by atoms with Gasteiger partial charge in [-0.15, -0.1) is 12.4 Å². The fraction of sp³-hybridized carbons (Fsp3) is 0.571. The number of hydrogen-bond acceptors (Lipinski definition) is 2. The Morgan fingerprint density at radius 3 is 2.80 bits per heavy atom. The van der Waals surface area contributed by atoms with E-state index in [0.717, 1.165) is 18.6 Å². The molecule has 0 aromatic rings. The molecule has 0 aliphatic heterocycles.